The average Bonchev–Trinajstić information content (AvgIpc) is 2.08. The number of hydrogen-bond donors (Lipinski definition) is 1. The van der Waals surface area contributed by atoms with Crippen LogP contribution < -0.4 is 10.5 Å². The van der Waals surface area contributed by atoms with Crippen molar-refractivity contribution in [2.24, 2.45) is 0 Å². The van der Waals surface area contributed by atoms with Gasteiger partial charge in [-0.05, 0) is 18.4 Å². The zero-order valence-electron chi connectivity index (χ0n) is 6.83. The van der Waals surface area contributed by atoms with Crippen LogP contribution >= 0.6 is 11.8 Å². The van der Waals surface area contributed by atoms with E-state index >= 15 is 0 Å². The standard InChI is InChI=1S/C7H8F2N2OS/c1-13-5-3-2-4(6(10)11-5)12-7(8)9/h2-3,7H,1H3,(H2,10,11). The molecule has 1 rings (SSSR count). The molecule has 0 saturated carbocycles. The van der Waals surface area contributed by atoms with Crippen LogP contribution in [0.15, 0.2) is 17.2 Å². The number of thioether (sulfide) groups is 1. The van der Waals surface area contributed by atoms with E-state index < -0.39 is 6.61 Å². The van der Waals surface area contributed by atoms with Gasteiger partial charge in [-0.15, -0.1) is 11.8 Å². The van der Waals surface area contributed by atoms with Gasteiger partial charge in [0.2, 0.25) is 0 Å². The van der Waals surface area contributed by atoms with Crippen LogP contribution in [-0.4, -0.2) is 17.9 Å². The second kappa shape index (κ2) is 4.27. The molecule has 0 aliphatic carbocycles. The lowest BCUT2D eigenvalue weighted by Gasteiger charge is -2.06. The Hall–Kier alpha value is -1.04. The number of nitrogens with zero attached hydrogens (tertiary/aromatic N) is 1. The van der Waals surface area contributed by atoms with Gasteiger partial charge in [0.25, 0.3) is 0 Å². The van der Waals surface area contributed by atoms with E-state index in [1.165, 1.54) is 17.8 Å². The van der Waals surface area contributed by atoms with Gasteiger partial charge in [0.15, 0.2) is 11.6 Å². The van der Waals surface area contributed by atoms with E-state index in [0.717, 1.165) is 0 Å². The topological polar surface area (TPSA) is 48.1 Å². The lowest BCUT2D eigenvalue weighted by Crippen LogP contribution is -2.05. The first-order valence-corrected chi connectivity index (χ1v) is 4.61. The Balaban J connectivity index is 2.85. The van der Waals surface area contributed by atoms with E-state index in [4.69, 9.17) is 5.73 Å². The molecule has 0 aromatic carbocycles. The van der Waals surface area contributed by atoms with Gasteiger partial charge in [-0.1, -0.05) is 0 Å². The van der Waals surface area contributed by atoms with Gasteiger partial charge in [-0.25, -0.2) is 4.98 Å². The van der Waals surface area contributed by atoms with E-state index in [9.17, 15) is 8.78 Å². The molecule has 0 saturated heterocycles. The van der Waals surface area contributed by atoms with Gasteiger partial charge in [0, 0.05) is 0 Å². The maximum Gasteiger partial charge on any atom is 0.387 e. The summed E-state index contributed by atoms with van der Waals surface area (Å²) >= 11 is 1.38. The predicted molar refractivity (Wildman–Crippen MR) is 47.1 cm³/mol. The van der Waals surface area contributed by atoms with E-state index in [2.05, 4.69) is 9.72 Å². The summed E-state index contributed by atoms with van der Waals surface area (Å²) in [5.41, 5.74) is 5.36. The summed E-state index contributed by atoms with van der Waals surface area (Å²) < 4.78 is 27.7. The summed E-state index contributed by atoms with van der Waals surface area (Å²) in [4.78, 5) is 3.83. The summed E-state index contributed by atoms with van der Waals surface area (Å²) in [6, 6.07) is 2.94. The second-order valence-electron chi connectivity index (χ2n) is 2.12. The number of anilines is 1. The molecule has 0 bridgehead atoms. The largest absolute Gasteiger partial charge is 0.431 e. The van der Waals surface area contributed by atoms with Crippen LogP contribution in [0, 0.1) is 0 Å². The minimum atomic E-state index is -2.87. The summed E-state index contributed by atoms with van der Waals surface area (Å²) in [6.07, 6.45) is 1.81. The van der Waals surface area contributed by atoms with Crippen LogP contribution in [0.3, 0.4) is 0 Å². The van der Waals surface area contributed by atoms with Crippen molar-refractivity contribution >= 4 is 17.6 Å². The number of hydrogen-bond acceptors (Lipinski definition) is 4. The Kier molecular flexibility index (Phi) is 3.30. The van der Waals surface area contributed by atoms with Crippen LogP contribution in [0.5, 0.6) is 5.75 Å². The first-order valence-electron chi connectivity index (χ1n) is 3.39. The summed E-state index contributed by atoms with van der Waals surface area (Å²) in [7, 11) is 0. The predicted octanol–water partition coefficient (Wildman–Crippen LogP) is 1.99. The number of halogens is 2. The average molecular weight is 206 g/mol. The molecule has 72 valence electrons. The third-order valence-corrected chi connectivity index (χ3v) is 1.93. The maximum absolute atomic E-state index is 11.8. The van der Waals surface area contributed by atoms with Crippen LogP contribution in [-0.2, 0) is 0 Å². The molecule has 1 aromatic heterocycles. The summed E-state index contributed by atoms with van der Waals surface area (Å²) in [6.45, 7) is -2.87. The lowest BCUT2D eigenvalue weighted by molar-refractivity contribution is -0.0495. The zero-order valence-corrected chi connectivity index (χ0v) is 7.65. The third-order valence-electron chi connectivity index (χ3n) is 1.29. The molecule has 1 aromatic rings. The Morgan fingerprint density at radius 3 is 2.69 bits per heavy atom. The fraction of sp³-hybridized carbons (Fsp3) is 0.286. The highest BCUT2D eigenvalue weighted by atomic mass is 32.2. The summed E-state index contributed by atoms with van der Waals surface area (Å²) in [5.74, 6) is -0.111. The van der Waals surface area contributed by atoms with Crippen molar-refractivity contribution in [1.82, 2.24) is 4.98 Å². The molecule has 1 heterocycles. The Morgan fingerprint density at radius 2 is 2.23 bits per heavy atom. The number of ether oxygens (including phenoxy) is 1. The van der Waals surface area contributed by atoms with Crippen LogP contribution in [0.1, 0.15) is 0 Å². The number of aromatic nitrogens is 1. The number of pyridine rings is 1. The van der Waals surface area contributed by atoms with Crippen LogP contribution in [0.2, 0.25) is 0 Å². The van der Waals surface area contributed by atoms with Gasteiger partial charge in [0.05, 0.1) is 5.03 Å². The first kappa shape index (κ1) is 10.0. The molecule has 0 fully saturated rings. The monoisotopic (exact) mass is 206 g/mol. The van der Waals surface area contributed by atoms with Crippen molar-refractivity contribution < 1.29 is 13.5 Å². The quantitative estimate of drug-likeness (QED) is 0.768. The molecule has 3 nitrogen and oxygen atoms in total. The summed E-state index contributed by atoms with van der Waals surface area (Å²) in [5, 5.41) is 0.666. The molecule has 13 heavy (non-hydrogen) atoms. The SMILES string of the molecule is CSc1ccc(OC(F)F)c(N)n1. The van der Waals surface area contributed by atoms with Crippen molar-refractivity contribution in [1.29, 1.82) is 0 Å². The Morgan fingerprint density at radius 1 is 1.54 bits per heavy atom. The van der Waals surface area contributed by atoms with E-state index in [1.807, 2.05) is 6.26 Å². The molecule has 0 spiro atoms. The van der Waals surface area contributed by atoms with Crippen molar-refractivity contribution in [2.75, 3.05) is 12.0 Å². The highest BCUT2D eigenvalue weighted by Gasteiger charge is 2.08. The van der Waals surface area contributed by atoms with Gasteiger partial charge < -0.3 is 10.5 Å². The normalized spacial score (nSPS) is 10.5. The lowest BCUT2D eigenvalue weighted by atomic mass is 10.4. The number of nitrogen functional groups attached to an aromatic ring is 1. The molecule has 0 unspecified atom stereocenters. The minimum Gasteiger partial charge on any atom is -0.431 e. The van der Waals surface area contributed by atoms with Gasteiger partial charge in [0.1, 0.15) is 0 Å². The number of nitrogens with two attached hydrogens (primary N) is 1. The molecule has 2 N–H and O–H groups in total. The minimum absolute atomic E-state index is 0.0212. The second-order valence-corrected chi connectivity index (χ2v) is 2.94. The highest BCUT2D eigenvalue weighted by Crippen LogP contribution is 2.24. The highest BCUT2D eigenvalue weighted by molar-refractivity contribution is 7.98. The van der Waals surface area contributed by atoms with E-state index in [0.29, 0.717) is 5.03 Å². The van der Waals surface area contributed by atoms with Crippen molar-refractivity contribution in [2.45, 2.75) is 11.6 Å². The third kappa shape index (κ3) is 2.73. The first-order chi connectivity index (χ1) is 6.13. The number of alkyl halides is 2. The molecule has 0 atom stereocenters. The molecule has 0 amide bonds. The van der Waals surface area contributed by atoms with E-state index in [1.54, 1.807) is 6.07 Å². The van der Waals surface area contributed by atoms with Crippen molar-refractivity contribution in [3.05, 3.63) is 12.1 Å². The molecular formula is C7H8F2N2OS. The van der Waals surface area contributed by atoms with E-state index in [-0.39, 0.29) is 11.6 Å². The van der Waals surface area contributed by atoms with Gasteiger partial charge in [-0.2, -0.15) is 8.78 Å². The molecule has 0 radical (unpaired) electrons. The van der Waals surface area contributed by atoms with Gasteiger partial charge >= 0.3 is 6.61 Å². The fourth-order valence-corrected chi connectivity index (χ4v) is 1.15. The fourth-order valence-electron chi connectivity index (χ4n) is 0.753. The zero-order chi connectivity index (χ0) is 9.84. The van der Waals surface area contributed by atoms with Crippen LogP contribution in [0.25, 0.3) is 0 Å². The van der Waals surface area contributed by atoms with Crippen LogP contribution in [0.4, 0.5) is 14.6 Å². The molecular weight excluding hydrogens is 198 g/mol. The maximum atomic E-state index is 11.8. The van der Waals surface area contributed by atoms with Crippen molar-refractivity contribution in [3.8, 4) is 5.75 Å². The molecule has 0 aliphatic heterocycles. The smallest absolute Gasteiger partial charge is 0.387 e. The molecule has 6 heteroatoms. The Labute approximate surface area is 78.3 Å². The molecule has 0 aliphatic rings. The van der Waals surface area contributed by atoms with Crippen molar-refractivity contribution in [3.63, 3.8) is 0 Å². The Bertz CT molecular complexity index is 296. The number of rotatable bonds is 3. The van der Waals surface area contributed by atoms with Gasteiger partial charge in [-0.3, -0.25) is 0 Å².